The van der Waals surface area contributed by atoms with Crippen LogP contribution >= 0.6 is 0 Å². The average molecular weight is 287 g/mol. The zero-order chi connectivity index (χ0) is 14.8. The van der Waals surface area contributed by atoms with Crippen molar-refractivity contribution in [3.05, 3.63) is 58.3 Å². The zero-order valence-corrected chi connectivity index (χ0v) is 11.4. The average Bonchev–Trinajstić information content (AvgIpc) is 2.84. The fraction of sp³-hybridized carbons (Fsp3) is 0.133. The highest BCUT2D eigenvalue weighted by Gasteiger charge is 2.04. The molecule has 5 nitrogen and oxygen atoms in total. The summed E-state index contributed by atoms with van der Waals surface area (Å²) < 4.78 is 18.5. The van der Waals surface area contributed by atoms with Crippen LogP contribution in [0.25, 0.3) is 11.0 Å². The van der Waals surface area contributed by atoms with Crippen molar-refractivity contribution in [2.24, 2.45) is 0 Å². The Hall–Kier alpha value is -2.76. The minimum atomic E-state index is -0.387. The first-order valence-corrected chi connectivity index (χ1v) is 6.44. The Bertz CT molecular complexity index is 838. The van der Waals surface area contributed by atoms with Crippen LogP contribution in [0.2, 0.25) is 0 Å². The van der Waals surface area contributed by atoms with Gasteiger partial charge in [0.15, 0.2) is 11.6 Å². The van der Waals surface area contributed by atoms with E-state index in [4.69, 9.17) is 4.74 Å². The second kappa shape index (κ2) is 5.32. The lowest BCUT2D eigenvalue weighted by Gasteiger charge is -2.08. The summed E-state index contributed by atoms with van der Waals surface area (Å²) in [4.78, 5) is 16.6. The Labute approximate surface area is 119 Å². The number of fused-ring (bicyclic) bond motifs is 1. The van der Waals surface area contributed by atoms with Gasteiger partial charge in [-0.1, -0.05) is 6.07 Å². The van der Waals surface area contributed by atoms with E-state index in [2.05, 4.69) is 15.3 Å². The summed E-state index contributed by atoms with van der Waals surface area (Å²) in [5.74, 6) is -0.160. The Balaban J connectivity index is 1.76. The maximum Gasteiger partial charge on any atom is 0.323 e. The van der Waals surface area contributed by atoms with Crippen LogP contribution in [0.1, 0.15) is 5.56 Å². The number of imidazole rings is 1. The van der Waals surface area contributed by atoms with Crippen LogP contribution in [0.15, 0.2) is 41.2 Å². The van der Waals surface area contributed by atoms with Gasteiger partial charge in [-0.2, -0.15) is 0 Å². The van der Waals surface area contributed by atoms with Crippen LogP contribution < -0.4 is 15.7 Å². The normalized spacial score (nSPS) is 10.8. The van der Waals surface area contributed by atoms with E-state index in [1.807, 2.05) is 18.2 Å². The van der Waals surface area contributed by atoms with Crippen molar-refractivity contribution in [3.8, 4) is 5.75 Å². The van der Waals surface area contributed by atoms with E-state index < -0.39 is 0 Å². The minimum absolute atomic E-state index is 0.227. The molecule has 0 unspecified atom stereocenters. The topological polar surface area (TPSA) is 69.9 Å². The Morgan fingerprint density at radius 1 is 1.14 bits per heavy atom. The third-order valence-electron chi connectivity index (χ3n) is 3.23. The van der Waals surface area contributed by atoms with Gasteiger partial charge in [0.05, 0.1) is 18.1 Å². The molecule has 1 heterocycles. The summed E-state index contributed by atoms with van der Waals surface area (Å²) in [6.45, 7) is 0.473. The molecule has 2 aromatic carbocycles. The van der Waals surface area contributed by atoms with Crippen LogP contribution in [0.4, 0.5) is 10.1 Å². The fourth-order valence-corrected chi connectivity index (χ4v) is 2.17. The number of hydrogen-bond donors (Lipinski definition) is 3. The van der Waals surface area contributed by atoms with Crippen molar-refractivity contribution >= 4 is 16.7 Å². The lowest BCUT2D eigenvalue weighted by Crippen LogP contribution is -2.00. The molecule has 0 aliphatic carbocycles. The molecule has 0 aliphatic rings. The number of nitrogens with one attached hydrogen (secondary N) is 3. The number of anilines is 1. The van der Waals surface area contributed by atoms with Gasteiger partial charge in [-0.25, -0.2) is 9.18 Å². The first-order valence-electron chi connectivity index (χ1n) is 6.44. The van der Waals surface area contributed by atoms with Crippen LogP contribution in [-0.4, -0.2) is 17.1 Å². The number of H-pyrrole nitrogens is 2. The minimum Gasteiger partial charge on any atom is -0.494 e. The molecule has 3 aromatic rings. The smallest absolute Gasteiger partial charge is 0.323 e. The predicted octanol–water partition coefficient (Wildman–Crippen LogP) is 2.62. The highest BCUT2D eigenvalue weighted by atomic mass is 19.1. The fourth-order valence-electron chi connectivity index (χ4n) is 2.17. The molecule has 3 N–H and O–H groups in total. The standard InChI is InChI=1S/C15H14FN3O2/c1-21-14-5-2-9(6-11(14)16)8-17-10-3-4-12-13(7-10)19-15(20)18-12/h2-7,17H,8H2,1H3,(H2,18,19,20). The second-order valence-electron chi connectivity index (χ2n) is 4.66. The molecule has 0 saturated carbocycles. The molecule has 0 amide bonds. The van der Waals surface area contributed by atoms with Gasteiger partial charge in [-0.05, 0) is 35.9 Å². The van der Waals surface area contributed by atoms with E-state index >= 15 is 0 Å². The van der Waals surface area contributed by atoms with Crippen molar-refractivity contribution in [3.63, 3.8) is 0 Å². The first kappa shape index (κ1) is 13.2. The number of ether oxygens (including phenoxy) is 1. The van der Waals surface area contributed by atoms with Crippen molar-refractivity contribution in [2.75, 3.05) is 12.4 Å². The van der Waals surface area contributed by atoms with E-state index in [0.29, 0.717) is 6.54 Å². The molecule has 3 rings (SSSR count). The van der Waals surface area contributed by atoms with Gasteiger partial charge in [-0.3, -0.25) is 0 Å². The van der Waals surface area contributed by atoms with E-state index in [0.717, 1.165) is 22.3 Å². The number of aromatic amines is 2. The highest BCUT2D eigenvalue weighted by Crippen LogP contribution is 2.19. The van der Waals surface area contributed by atoms with E-state index in [1.54, 1.807) is 12.1 Å². The first-order chi connectivity index (χ1) is 10.2. The van der Waals surface area contributed by atoms with Crippen molar-refractivity contribution in [2.45, 2.75) is 6.54 Å². The van der Waals surface area contributed by atoms with Gasteiger partial charge in [0, 0.05) is 12.2 Å². The van der Waals surface area contributed by atoms with Gasteiger partial charge in [0.2, 0.25) is 0 Å². The Kier molecular flexibility index (Phi) is 3.35. The summed E-state index contributed by atoms with van der Waals surface area (Å²) in [5, 5.41) is 3.18. The number of halogens is 1. The SMILES string of the molecule is COc1ccc(CNc2ccc3[nH]c(=O)[nH]c3c2)cc1F. The monoisotopic (exact) mass is 287 g/mol. The molecule has 0 fully saturated rings. The molecule has 0 bridgehead atoms. The molecule has 108 valence electrons. The third kappa shape index (κ3) is 2.74. The number of methoxy groups -OCH3 is 1. The van der Waals surface area contributed by atoms with Crippen molar-refractivity contribution in [1.29, 1.82) is 0 Å². The molecule has 0 aliphatic heterocycles. The summed E-state index contributed by atoms with van der Waals surface area (Å²) in [6.07, 6.45) is 0. The van der Waals surface area contributed by atoms with E-state index in [1.165, 1.54) is 13.2 Å². The number of aromatic nitrogens is 2. The van der Waals surface area contributed by atoms with Crippen molar-refractivity contribution in [1.82, 2.24) is 9.97 Å². The van der Waals surface area contributed by atoms with Gasteiger partial charge in [-0.15, -0.1) is 0 Å². The Morgan fingerprint density at radius 3 is 2.71 bits per heavy atom. The quantitative estimate of drug-likeness (QED) is 0.691. The van der Waals surface area contributed by atoms with E-state index in [-0.39, 0.29) is 17.3 Å². The number of benzene rings is 2. The second-order valence-corrected chi connectivity index (χ2v) is 4.66. The molecular formula is C15H14FN3O2. The molecule has 0 spiro atoms. The summed E-state index contributed by atoms with van der Waals surface area (Å²) >= 11 is 0. The summed E-state index contributed by atoms with van der Waals surface area (Å²) in [5.41, 5.74) is 2.89. The van der Waals surface area contributed by atoms with Crippen LogP contribution in [0.5, 0.6) is 5.75 Å². The zero-order valence-electron chi connectivity index (χ0n) is 11.4. The Morgan fingerprint density at radius 2 is 1.95 bits per heavy atom. The van der Waals surface area contributed by atoms with E-state index in [9.17, 15) is 9.18 Å². The molecule has 0 radical (unpaired) electrons. The lowest BCUT2D eigenvalue weighted by molar-refractivity contribution is 0.386. The predicted molar refractivity (Wildman–Crippen MR) is 79.2 cm³/mol. The highest BCUT2D eigenvalue weighted by molar-refractivity contribution is 5.78. The molecule has 6 heteroatoms. The number of rotatable bonds is 4. The van der Waals surface area contributed by atoms with Crippen LogP contribution in [0.3, 0.4) is 0 Å². The van der Waals surface area contributed by atoms with Crippen LogP contribution in [-0.2, 0) is 6.54 Å². The summed E-state index contributed by atoms with van der Waals surface area (Å²) in [6, 6.07) is 10.3. The van der Waals surface area contributed by atoms with Gasteiger partial charge >= 0.3 is 5.69 Å². The molecule has 0 atom stereocenters. The van der Waals surface area contributed by atoms with Crippen LogP contribution in [0, 0.1) is 5.82 Å². The largest absolute Gasteiger partial charge is 0.494 e. The summed E-state index contributed by atoms with van der Waals surface area (Å²) in [7, 11) is 1.43. The molecule has 1 aromatic heterocycles. The van der Waals surface area contributed by atoms with Gasteiger partial charge in [0.1, 0.15) is 0 Å². The number of hydrogen-bond acceptors (Lipinski definition) is 3. The maximum atomic E-state index is 13.6. The third-order valence-corrected chi connectivity index (χ3v) is 3.23. The molecule has 21 heavy (non-hydrogen) atoms. The molecular weight excluding hydrogens is 273 g/mol. The molecule has 0 saturated heterocycles. The van der Waals surface area contributed by atoms with Gasteiger partial charge in [0.25, 0.3) is 0 Å². The lowest BCUT2D eigenvalue weighted by atomic mass is 10.2. The van der Waals surface area contributed by atoms with Crippen molar-refractivity contribution < 1.29 is 9.13 Å². The van der Waals surface area contributed by atoms with Gasteiger partial charge < -0.3 is 20.0 Å². The maximum absolute atomic E-state index is 13.6.